The minimum atomic E-state index is 0.418. The van der Waals surface area contributed by atoms with Crippen LogP contribution >= 0.6 is 0 Å². The van der Waals surface area contributed by atoms with Crippen molar-refractivity contribution in [3.63, 3.8) is 0 Å². The molecule has 1 saturated heterocycles. The first-order valence-electron chi connectivity index (χ1n) is 8.17. The molecule has 0 spiro atoms. The summed E-state index contributed by atoms with van der Waals surface area (Å²) in [6.45, 7) is 8.18. The van der Waals surface area contributed by atoms with Crippen molar-refractivity contribution in [3.8, 4) is 0 Å². The molecule has 2 N–H and O–H groups in total. The van der Waals surface area contributed by atoms with E-state index in [2.05, 4.69) is 60.4 Å². The van der Waals surface area contributed by atoms with Crippen LogP contribution in [0.1, 0.15) is 36.9 Å². The van der Waals surface area contributed by atoms with E-state index in [9.17, 15) is 0 Å². The average molecular weight is 298 g/mol. The van der Waals surface area contributed by atoms with E-state index in [0.717, 1.165) is 26.2 Å². The molecule has 2 atom stereocenters. The van der Waals surface area contributed by atoms with E-state index in [1.165, 1.54) is 11.1 Å². The number of hydrogen-bond acceptors (Lipinski definition) is 3. The topological polar surface area (TPSA) is 47.1 Å². The van der Waals surface area contributed by atoms with Gasteiger partial charge in [0.15, 0.2) is 0 Å². The third-order valence-corrected chi connectivity index (χ3v) is 4.64. The summed E-state index contributed by atoms with van der Waals surface area (Å²) in [4.78, 5) is 2.51. The van der Waals surface area contributed by atoms with Crippen molar-refractivity contribution in [2.75, 3.05) is 19.6 Å². The van der Waals surface area contributed by atoms with Gasteiger partial charge in [-0.2, -0.15) is 5.10 Å². The third-order valence-electron chi connectivity index (χ3n) is 4.64. The Morgan fingerprint density at radius 2 is 2.00 bits per heavy atom. The highest BCUT2D eigenvalue weighted by Gasteiger charge is 2.32. The van der Waals surface area contributed by atoms with E-state index in [1.807, 2.05) is 10.9 Å². The monoisotopic (exact) mass is 298 g/mol. The van der Waals surface area contributed by atoms with Crippen LogP contribution in [0.15, 0.2) is 42.7 Å². The Morgan fingerprint density at radius 3 is 2.64 bits per heavy atom. The van der Waals surface area contributed by atoms with Gasteiger partial charge >= 0.3 is 0 Å². The maximum absolute atomic E-state index is 6.02. The molecule has 0 amide bonds. The van der Waals surface area contributed by atoms with Crippen LogP contribution in [-0.4, -0.2) is 34.3 Å². The van der Waals surface area contributed by atoms with Crippen LogP contribution in [0, 0.1) is 5.92 Å². The van der Waals surface area contributed by atoms with Gasteiger partial charge in [-0.1, -0.05) is 30.3 Å². The minimum absolute atomic E-state index is 0.418. The first-order valence-corrected chi connectivity index (χ1v) is 8.17. The first kappa shape index (κ1) is 15.3. The Labute approximate surface area is 132 Å². The summed E-state index contributed by atoms with van der Waals surface area (Å²) in [5.74, 6) is 1.09. The van der Waals surface area contributed by atoms with Gasteiger partial charge in [-0.3, -0.25) is 9.58 Å². The van der Waals surface area contributed by atoms with Crippen molar-refractivity contribution in [3.05, 3.63) is 53.9 Å². The molecule has 0 bridgehead atoms. The van der Waals surface area contributed by atoms with Gasteiger partial charge in [-0.15, -0.1) is 0 Å². The molecule has 4 nitrogen and oxygen atoms in total. The zero-order valence-corrected chi connectivity index (χ0v) is 13.5. The van der Waals surface area contributed by atoms with Gasteiger partial charge in [-0.05, 0) is 31.9 Å². The summed E-state index contributed by atoms with van der Waals surface area (Å²) in [5, 5.41) is 4.44. The van der Waals surface area contributed by atoms with Crippen LogP contribution in [-0.2, 0) is 6.54 Å². The SMILES string of the molecule is CC(C)n1cc(CN2C[C@@H](CN)[C@H](c3ccccc3)C2)cn1. The number of hydrogen-bond donors (Lipinski definition) is 1. The largest absolute Gasteiger partial charge is 0.330 e. The maximum Gasteiger partial charge on any atom is 0.0534 e. The van der Waals surface area contributed by atoms with Gasteiger partial charge in [0.2, 0.25) is 0 Å². The standard InChI is InChI=1S/C18H26N4/c1-14(2)22-11-15(9-20-22)10-21-12-17(8-19)18(13-21)16-6-4-3-5-7-16/h3-7,9,11,14,17-18H,8,10,12-13,19H2,1-2H3/t17-,18+/m1/s1. The van der Waals surface area contributed by atoms with Crippen molar-refractivity contribution in [1.29, 1.82) is 0 Å². The van der Waals surface area contributed by atoms with E-state index in [1.54, 1.807) is 0 Å². The van der Waals surface area contributed by atoms with Crippen molar-refractivity contribution >= 4 is 0 Å². The number of likely N-dealkylation sites (tertiary alicyclic amines) is 1. The lowest BCUT2D eigenvalue weighted by atomic mass is 9.89. The molecule has 0 saturated carbocycles. The van der Waals surface area contributed by atoms with Gasteiger partial charge in [0.05, 0.1) is 6.20 Å². The molecule has 0 unspecified atom stereocenters. The molecule has 1 aliphatic heterocycles. The Bertz CT molecular complexity index is 590. The second-order valence-corrected chi connectivity index (χ2v) is 6.63. The summed E-state index contributed by atoms with van der Waals surface area (Å²) in [5.41, 5.74) is 8.72. The predicted octanol–water partition coefficient (Wildman–Crippen LogP) is 2.64. The molecule has 1 aromatic carbocycles. The number of aromatic nitrogens is 2. The molecule has 2 heterocycles. The molecule has 1 aliphatic rings. The normalized spacial score (nSPS) is 22.5. The Balaban J connectivity index is 1.68. The van der Waals surface area contributed by atoms with Crippen LogP contribution in [0.4, 0.5) is 0 Å². The average Bonchev–Trinajstić information content (AvgIpc) is 3.15. The van der Waals surface area contributed by atoms with Gasteiger partial charge in [0.25, 0.3) is 0 Å². The molecular formula is C18H26N4. The molecule has 3 rings (SSSR count). The highest BCUT2D eigenvalue weighted by atomic mass is 15.3. The molecule has 22 heavy (non-hydrogen) atoms. The second kappa shape index (κ2) is 6.63. The quantitative estimate of drug-likeness (QED) is 0.923. The number of benzene rings is 1. The molecule has 4 heteroatoms. The molecule has 0 radical (unpaired) electrons. The van der Waals surface area contributed by atoms with Crippen LogP contribution in [0.5, 0.6) is 0 Å². The van der Waals surface area contributed by atoms with E-state index in [0.29, 0.717) is 17.9 Å². The van der Waals surface area contributed by atoms with Gasteiger partial charge < -0.3 is 5.73 Å². The van der Waals surface area contributed by atoms with Gasteiger partial charge in [-0.25, -0.2) is 0 Å². The van der Waals surface area contributed by atoms with Crippen LogP contribution in [0.2, 0.25) is 0 Å². The summed E-state index contributed by atoms with van der Waals surface area (Å²) in [6.07, 6.45) is 4.16. The fraction of sp³-hybridized carbons (Fsp3) is 0.500. The summed E-state index contributed by atoms with van der Waals surface area (Å²) in [7, 11) is 0. The fourth-order valence-corrected chi connectivity index (χ4v) is 3.41. The number of rotatable bonds is 5. The molecule has 1 aromatic heterocycles. The first-order chi connectivity index (χ1) is 10.7. The van der Waals surface area contributed by atoms with Crippen molar-refractivity contribution in [2.24, 2.45) is 11.7 Å². The van der Waals surface area contributed by atoms with Crippen LogP contribution in [0.25, 0.3) is 0 Å². The lowest BCUT2D eigenvalue weighted by molar-refractivity contribution is 0.316. The lowest BCUT2D eigenvalue weighted by Gasteiger charge is -2.16. The van der Waals surface area contributed by atoms with Gasteiger partial charge in [0, 0.05) is 43.4 Å². The lowest BCUT2D eigenvalue weighted by Crippen LogP contribution is -2.23. The van der Waals surface area contributed by atoms with Crippen molar-refractivity contribution < 1.29 is 0 Å². The van der Waals surface area contributed by atoms with Crippen LogP contribution < -0.4 is 5.73 Å². The Kier molecular flexibility index (Phi) is 4.60. The van der Waals surface area contributed by atoms with E-state index in [-0.39, 0.29) is 0 Å². The van der Waals surface area contributed by atoms with E-state index in [4.69, 9.17) is 5.73 Å². The molecule has 0 aliphatic carbocycles. The zero-order chi connectivity index (χ0) is 15.5. The Hall–Kier alpha value is -1.65. The molecule has 118 valence electrons. The fourth-order valence-electron chi connectivity index (χ4n) is 3.41. The third kappa shape index (κ3) is 3.23. The minimum Gasteiger partial charge on any atom is -0.330 e. The highest BCUT2D eigenvalue weighted by molar-refractivity contribution is 5.22. The van der Waals surface area contributed by atoms with Crippen LogP contribution in [0.3, 0.4) is 0 Å². The van der Waals surface area contributed by atoms with Gasteiger partial charge in [0.1, 0.15) is 0 Å². The second-order valence-electron chi connectivity index (χ2n) is 6.63. The summed E-state index contributed by atoms with van der Waals surface area (Å²) >= 11 is 0. The van der Waals surface area contributed by atoms with E-state index >= 15 is 0 Å². The maximum atomic E-state index is 6.02. The summed E-state index contributed by atoms with van der Waals surface area (Å²) < 4.78 is 2.03. The zero-order valence-electron chi connectivity index (χ0n) is 13.5. The van der Waals surface area contributed by atoms with Crippen molar-refractivity contribution in [2.45, 2.75) is 32.4 Å². The molecule has 1 fully saturated rings. The molecule has 2 aromatic rings. The number of nitrogens with zero attached hydrogens (tertiary/aromatic N) is 3. The Morgan fingerprint density at radius 1 is 1.23 bits per heavy atom. The molecular weight excluding hydrogens is 272 g/mol. The highest BCUT2D eigenvalue weighted by Crippen LogP contribution is 2.32. The predicted molar refractivity (Wildman–Crippen MR) is 89.6 cm³/mol. The smallest absolute Gasteiger partial charge is 0.0534 e. The summed E-state index contributed by atoms with van der Waals surface area (Å²) in [6, 6.07) is 11.2. The van der Waals surface area contributed by atoms with E-state index < -0.39 is 0 Å². The number of nitrogens with two attached hydrogens (primary N) is 1. The van der Waals surface area contributed by atoms with Crippen molar-refractivity contribution in [1.82, 2.24) is 14.7 Å².